The summed E-state index contributed by atoms with van der Waals surface area (Å²) in [6.45, 7) is 3.05. The number of aromatic nitrogens is 2. The van der Waals surface area contributed by atoms with Gasteiger partial charge in [0.25, 0.3) is 5.69 Å². The fraction of sp³-hybridized carbons (Fsp3) is 0.524. The van der Waals surface area contributed by atoms with Crippen LogP contribution in [-0.4, -0.2) is 26.9 Å². The van der Waals surface area contributed by atoms with Crippen molar-refractivity contribution in [2.45, 2.75) is 70.8 Å². The minimum absolute atomic E-state index is 0.00477. The predicted octanol–water partition coefficient (Wildman–Crippen LogP) is 3.51. The monoisotopic (exact) mass is 430 g/mol. The van der Waals surface area contributed by atoms with E-state index in [2.05, 4.69) is 15.5 Å². The zero-order valence-electron chi connectivity index (χ0n) is 17.7. The van der Waals surface area contributed by atoms with Gasteiger partial charge in [-0.05, 0) is 31.9 Å². The predicted molar refractivity (Wildman–Crippen MR) is 109 cm³/mol. The third kappa shape index (κ3) is 5.65. The Hall–Kier alpha value is -3.30. The van der Waals surface area contributed by atoms with Gasteiger partial charge in [-0.25, -0.2) is 0 Å². The van der Waals surface area contributed by atoms with Crippen molar-refractivity contribution in [3.63, 3.8) is 0 Å². The van der Waals surface area contributed by atoms with Crippen LogP contribution < -0.4 is 10.1 Å². The molecule has 3 rings (SSSR count). The smallest absolute Gasteiger partial charge is 0.311 e. The number of carbonyl (C=O) groups is 2. The van der Waals surface area contributed by atoms with Gasteiger partial charge in [0.1, 0.15) is 11.3 Å². The number of benzene rings is 1. The van der Waals surface area contributed by atoms with Gasteiger partial charge in [0.05, 0.1) is 11.3 Å². The van der Waals surface area contributed by atoms with Gasteiger partial charge >= 0.3 is 5.97 Å². The third-order valence-corrected chi connectivity index (χ3v) is 5.41. The highest BCUT2D eigenvalue weighted by molar-refractivity contribution is 5.74. The Kier molecular flexibility index (Phi) is 6.98. The van der Waals surface area contributed by atoms with E-state index >= 15 is 0 Å². The molecule has 2 aromatic rings. The second-order valence-electron chi connectivity index (χ2n) is 7.87. The lowest BCUT2D eigenvalue weighted by Gasteiger charge is -2.30. The van der Waals surface area contributed by atoms with Crippen LogP contribution in [0.4, 0.5) is 5.69 Å². The van der Waals surface area contributed by atoms with Crippen molar-refractivity contribution in [2.75, 3.05) is 0 Å². The molecule has 10 nitrogen and oxygen atoms in total. The summed E-state index contributed by atoms with van der Waals surface area (Å²) in [5.41, 5.74) is -0.269. The Morgan fingerprint density at radius 2 is 1.97 bits per heavy atom. The van der Waals surface area contributed by atoms with Crippen molar-refractivity contribution in [3.05, 3.63) is 45.6 Å². The lowest BCUT2D eigenvalue weighted by molar-refractivity contribution is -0.385. The number of aryl methyl sites for hydroxylation is 2. The Balaban J connectivity index is 1.62. The number of rotatable bonds is 7. The fourth-order valence-corrected chi connectivity index (χ4v) is 3.91. The summed E-state index contributed by atoms with van der Waals surface area (Å²) >= 11 is 0. The molecule has 1 aliphatic carbocycles. The second kappa shape index (κ2) is 9.67. The maximum atomic E-state index is 12.2. The molecule has 1 fully saturated rings. The number of hydrogen-bond donors (Lipinski definition) is 1. The molecule has 10 heteroatoms. The molecule has 0 saturated heterocycles. The van der Waals surface area contributed by atoms with Crippen LogP contribution >= 0.6 is 0 Å². The van der Waals surface area contributed by atoms with Crippen LogP contribution in [0.2, 0.25) is 0 Å². The lowest BCUT2D eigenvalue weighted by Crippen LogP contribution is -2.45. The number of nitro benzene ring substituents is 1. The fourth-order valence-electron chi connectivity index (χ4n) is 3.91. The van der Waals surface area contributed by atoms with E-state index in [-0.39, 0.29) is 30.2 Å². The van der Waals surface area contributed by atoms with Gasteiger partial charge in [-0.2, -0.15) is 4.98 Å². The number of ether oxygens (including phenoxy) is 1. The zero-order chi connectivity index (χ0) is 22.4. The van der Waals surface area contributed by atoms with E-state index in [0.29, 0.717) is 17.3 Å². The third-order valence-electron chi connectivity index (χ3n) is 5.41. The number of carbonyl (C=O) groups excluding carboxylic acids is 2. The van der Waals surface area contributed by atoms with E-state index in [0.717, 1.165) is 38.5 Å². The molecule has 0 unspecified atom stereocenters. The molecule has 1 aromatic heterocycles. The average Bonchev–Trinajstić information content (AvgIpc) is 3.06. The van der Waals surface area contributed by atoms with Gasteiger partial charge in [-0.3, -0.25) is 19.7 Å². The van der Waals surface area contributed by atoms with Gasteiger partial charge in [0, 0.05) is 25.0 Å². The molecule has 1 aliphatic rings. The first kappa shape index (κ1) is 22.4. The van der Waals surface area contributed by atoms with Crippen LogP contribution in [-0.2, 0) is 21.5 Å². The SMILES string of the molecule is CC(=O)NC1(c2noc(CCC(=O)Oc3ccc([N+](=O)[O-])c(C)c3)n2)CCCCCC1. The lowest BCUT2D eigenvalue weighted by atomic mass is 9.89. The summed E-state index contributed by atoms with van der Waals surface area (Å²) in [7, 11) is 0. The molecule has 31 heavy (non-hydrogen) atoms. The van der Waals surface area contributed by atoms with Gasteiger partial charge in [-0.15, -0.1) is 0 Å². The zero-order valence-corrected chi connectivity index (χ0v) is 17.7. The molecule has 0 atom stereocenters. The van der Waals surface area contributed by atoms with Crippen molar-refractivity contribution < 1.29 is 23.8 Å². The van der Waals surface area contributed by atoms with Crippen LogP contribution in [0.5, 0.6) is 5.75 Å². The molecular formula is C21H26N4O6. The van der Waals surface area contributed by atoms with Gasteiger partial charge in [-0.1, -0.05) is 30.8 Å². The van der Waals surface area contributed by atoms with Crippen molar-refractivity contribution in [1.82, 2.24) is 15.5 Å². The van der Waals surface area contributed by atoms with Gasteiger partial charge in [0.15, 0.2) is 5.82 Å². The maximum absolute atomic E-state index is 12.2. The van der Waals surface area contributed by atoms with Crippen LogP contribution in [0.1, 0.15) is 69.1 Å². The number of hydrogen-bond acceptors (Lipinski definition) is 8. The Morgan fingerprint density at radius 3 is 2.58 bits per heavy atom. The summed E-state index contributed by atoms with van der Waals surface area (Å²) in [5, 5.41) is 18.0. The molecule has 1 aromatic carbocycles. The normalized spacial score (nSPS) is 15.7. The minimum Gasteiger partial charge on any atom is -0.427 e. The molecule has 0 aliphatic heterocycles. The quantitative estimate of drug-likeness (QED) is 0.232. The van der Waals surface area contributed by atoms with E-state index in [1.54, 1.807) is 6.92 Å². The topological polar surface area (TPSA) is 137 Å². The number of nitro groups is 1. The molecule has 1 saturated carbocycles. The molecule has 0 spiro atoms. The summed E-state index contributed by atoms with van der Waals surface area (Å²) in [6.07, 6.45) is 5.80. The largest absolute Gasteiger partial charge is 0.427 e. The van der Waals surface area contributed by atoms with E-state index in [1.807, 2.05) is 0 Å². The first-order chi connectivity index (χ1) is 14.8. The number of nitrogens with one attached hydrogen (secondary N) is 1. The summed E-state index contributed by atoms with van der Waals surface area (Å²) in [5.74, 6) is 0.316. The van der Waals surface area contributed by atoms with E-state index < -0.39 is 16.4 Å². The van der Waals surface area contributed by atoms with E-state index in [1.165, 1.54) is 25.1 Å². The first-order valence-electron chi connectivity index (χ1n) is 10.4. The standard InChI is InChI=1S/C21H26N4O6/c1-14-13-16(7-8-17(14)25(28)29)30-19(27)10-9-18-22-20(24-31-18)21(23-15(2)26)11-5-3-4-6-12-21/h7-8,13H,3-6,9-12H2,1-2H3,(H,23,26). The van der Waals surface area contributed by atoms with Crippen LogP contribution in [0.15, 0.2) is 22.7 Å². The average molecular weight is 430 g/mol. The van der Waals surface area contributed by atoms with E-state index in [4.69, 9.17) is 9.26 Å². The molecule has 0 radical (unpaired) electrons. The number of amides is 1. The van der Waals surface area contributed by atoms with Crippen LogP contribution in [0.25, 0.3) is 0 Å². The highest BCUT2D eigenvalue weighted by Crippen LogP contribution is 2.34. The highest BCUT2D eigenvalue weighted by Gasteiger charge is 2.38. The Labute approximate surface area is 179 Å². The van der Waals surface area contributed by atoms with Crippen molar-refractivity contribution in [1.29, 1.82) is 0 Å². The van der Waals surface area contributed by atoms with Crippen molar-refractivity contribution in [2.24, 2.45) is 0 Å². The molecule has 1 heterocycles. The minimum atomic E-state index is -0.638. The van der Waals surface area contributed by atoms with Gasteiger partial charge < -0.3 is 14.6 Å². The number of esters is 1. The molecule has 166 valence electrons. The second-order valence-corrected chi connectivity index (χ2v) is 7.87. The summed E-state index contributed by atoms with van der Waals surface area (Å²) in [6, 6.07) is 4.14. The Morgan fingerprint density at radius 1 is 1.26 bits per heavy atom. The number of nitrogens with zero attached hydrogens (tertiary/aromatic N) is 3. The maximum Gasteiger partial charge on any atom is 0.311 e. The van der Waals surface area contributed by atoms with Gasteiger partial charge in [0.2, 0.25) is 11.8 Å². The molecule has 1 amide bonds. The molecular weight excluding hydrogens is 404 g/mol. The van der Waals surface area contributed by atoms with Crippen LogP contribution in [0, 0.1) is 17.0 Å². The van der Waals surface area contributed by atoms with Crippen molar-refractivity contribution >= 4 is 17.6 Å². The van der Waals surface area contributed by atoms with Crippen LogP contribution in [0.3, 0.4) is 0 Å². The molecule has 0 bridgehead atoms. The Bertz CT molecular complexity index is 963. The first-order valence-corrected chi connectivity index (χ1v) is 10.4. The summed E-state index contributed by atoms with van der Waals surface area (Å²) < 4.78 is 10.6. The summed E-state index contributed by atoms with van der Waals surface area (Å²) in [4.78, 5) is 38.8. The van der Waals surface area contributed by atoms with E-state index in [9.17, 15) is 19.7 Å². The molecule has 1 N–H and O–H groups in total. The highest BCUT2D eigenvalue weighted by atomic mass is 16.6. The van der Waals surface area contributed by atoms with Crippen molar-refractivity contribution in [3.8, 4) is 5.75 Å².